The standard InChI is InChI=1S/C24H16Cl4N2O2/c25-17-5-3-6-18(26)15(17)11-13-23(31)29-21-9-1-2-10-22(21)30-24(32)14-12-16-19(27)7-4-8-20(16)28/h1-14H,(H,29,31)(H,30,32)/b13-11+,14-12+. The van der Waals surface area contributed by atoms with Crippen molar-refractivity contribution in [1.82, 2.24) is 0 Å². The number of halogens is 4. The van der Waals surface area contributed by atoms with Crippen LogP contribution in [0, 0.1) is 0 Å². The lowest BCUT2D eigenvalue weighted by molar-refractivity contribution is -0.112. The molecule has 0 radical (unpaired) electrons. The molecule has 2 amide bonds. The molecule has 0 heterocycles. The second-order valence-corrected chi connectivity index (χ2v) is 8.09. The van der Waals surface area contributed by atoms with E-state index in [-0.39, 0.29) is 0 Å². The maximum Gasteiger partial charge on any atom is 0.248 e. The van der Waals surface area contributed by atoms with Gasteiger partial charge in [0.15, 0.2) is 0 Å². The summed E-state index contributed by atoms with van der Waals surface area (Å²) in [4.78, 5) is 24.8. The molecule has 2 N–H and O–H groups in total. The average Bonchev–Trinajstić information content (AvgIpc) is 2.74. The number of carbonyl (C=O) groups excluding carboxylic acids is 2. The van der Waals surface area contributed by atoms with E-state index in [0.717, 1.165) is 0 Å². The van der Waals surface area contributed by atoms with Crippen LogP contribution in [0.4, 0.5) is 11.4 Å². The molecule has 0 spiro atoms. The van der Waals surface area contributed by atoms with Crippen LogP contribution in [0.2, 0.25) is 20.1 Å². The van der Waals surface area contributed by atoms with Gasteiger partial charge < -0.3 is 10.6 Å². The summed E-state index contributed by atoms with van der Waals surface area (Å²) in [6.45, 7) is 0. The van der Waals surface area contributed by atoms with E-state index in [4.69, 9.17) is 46.4 Å². The van der Waals surface area contributed by atoms with Crippen molar-refractivity contribution in [3.05, 3.63) is 104 Å². The first-order chi connectivity index (χ1) is 15.3. The molecule has 3 rings (SSSR count). The van der Waals surface area contributed by atoms with Gasteiger partial charge in [-0.15, -0.1) is 0 Å². The number of amides is 2. The van der Waals surface area contributed by atoms with Gasteiger partial charge in [-0.1, -0.05) is 70.7 Å². The Morgan fingerprint density at radius 2 is 0.906 bits per heavy atom. The Labute approximate surface area is 205 Å². The number of para-hydroxylation sites is 2. The van der Waals surface area contributed by atoms with E-state index in [1.165, 1.54) is 24.3 Å². The SMILES string of the molecule is O=C(/C=C/c1c(Cl)cccc1Cl)Nc1ccccc1NC(=O)/C=C/c1c(Cl)cccc1Cl. The summed E-state index contributed by atoms with van der Waals surface area (Å²) in [5, 5.41) is 7.17. The smallest absolute Gasteiger partial charge is 0.248 e. The molecule has 3 aromatic carbocycles. The van der Waals surface area contributed by atoms with E-state index < -0.39 is 11.8 Å². The Balaban J connectivity index is 1.70. The largest absolute Gasteiger partial charge is 0.321 e. The van der Waals surface area contributed by atoms with Crippen LogP contribution >= 0.6 is 46.4 Å². The second-order valence-electron chi connectivity index (χ2n) is 6.46. The van der Waals surface area contributed by atoms with Crippen molar-refractivity contribution >= 4 is 81.7 Å². The van der Waals surface area contributed by atoms with Crippen molar-refractivity contribution in [2.45, 2.75) is 0 Å². The van der Waals surface area contributed by atoms with Crippen LogP contribution in [-0.4, -0.2) is 11.8 Å². The van der Waals surface area contributed by atoms with Crippen molar-refractivity contribution in [3.8, 4) is 0 Å². The summed E-state index contributed by atoms with van der Waals surface area (Å²) in [7, 11) is 0. The third-order valence-corrected chi connectivity index (χ3v) is 5.56. The van der Waals surface area contributed by atoms with Gasteiger partial charge in [-0.3, -0.25) is 9.59 Å². The van der Waals surface area contributed by atoms with Gasteiger partial charge in [0.25, 0.3) is 0 Å². The van der Waals surface area contributed by atoms with E-state index in [9.17, 15) is 9.59 Å². The highest BCUT2D eigenvalue weighted by molar-refractivity contribution is 6.38. The summed E-state index contributed by atoms with van der Waals surface area (Å²) in [6.07, 6.45) is 5.67. The van der Waals surface area contributed by atoms with Crippen molar-refractivity contribution in [3.63, 3.8) is 0 Å². The molecule has 0 aliphatic carbocycles. The zero-order chi connectivity index (χ0) is 23.1. The van der Waals surface area contributed by atoms with Gasteiger partial charge in [-0.25, -0.2) is 0 Å². The zero-order valence-electron chi connectivity index (χ0n) is 16.4. The molecule has 0 aromatic heterocycles. The highest BCUT2D eigenvalue weighted by Crippen LogP contribution is 2.27. The topological polar surface area (TPSA) is 58.2 Å². The van der Waals surface area contributed by atoms with E-state index >= 15 is 0 Å². The number of benzene rings is 3. The van der Waals surface area contributed by atoms with E-state index in [1.807, 2.05) is 0 Å². The first kappa shape index (κ1) is 23.9. The minimum Gasteiger partial charge on any atom is -0.321 e. The minimum atomic E-state index is -0.416. The minimum absolute atomic E-state index is 0.416. The summed E-state index contributed by atoms with van der Waals surface area (Å²) in [6, 6.07) is 17.0. The van der Waals surface area contributed by atoms with Crippen LogP contribution < -0.4 is 10.6 Å². The number of hydrogen-bond donors (Lipinski definition) is 2. The number of anilines is 2. The molecule has 0 fully saturated rings. The van der Waals surface area contributed by atoms with Crippen molar-refractivity contribution in [2.75, 3.05) is 10.6 Å². The van der Waals surface area contributed by atoms with Crippen LogP contribution in [0.15, 0.2) is 72.8 Å². The van der Waals surface area contributed by atoms with Crippen LogP contribution in [0.25, 0.3) is 12.2 Å². The fourth-order valence-electron chi connectivity index (χ4n) is 2.71. The average molecular weight is 506 g/mol. The predicted octanol–water partition coefficient (Wildman–Crippen LogP) is 7.60. The number of carbonyl (C=O) groups is 2. The highest BCUT2D eigenvalue weighted by Gasteiger charge is 2.08. The number of hydrogen-bond acceptors (Lipinski definition) is 2. The number of rotatable bonds is 6. The lowest BCUT2D eigenvalue weighted by Gasteiger charge is -2.10. The lowest BCUT2D eigenvalue weighted by Crippen LogP contribution is -2.13. The Hall–Kier alpha value is -2.76. The third-order valence-electron chi connectivity index (χ3n) is 4.24. The maximum atomic E-state index is 12.4. The fraction of sp³-hybridized carbons (Fsp3) is 0. The molecule has 8 heteroatoms. The van der Waals surface area contributed by atoms with Crippen LogP contribution in [0.1, 0.15) is 11.1 Å². The molecular formula is C24H16Cl4N2O2. The molecule has 0 unspecified atom stereocenters. The second kappa shape index (κ2) is 11.2. The van der Waals surface area contributed by atoms with E-state index in [1.54, 1.807) is 60.7 Å². The number of nitrogens with one attached hydrogen (secondary N) is 2. The fourth-order valence-corrected chi connectivity index (χ4v) is 3.75. The molecule has 0 aliphatic rings. The monoisotopic (exact) mass is 504 g/mol. The zero-order valence-corrected chi connectivity index (χ0v) is 19.4. The molecule has 4 nitrogen and oxygen atoms in total. The molecule has 0 atom stereocenters. The van der Waals surface area contributed by atoms with Gasteiger partial charge in [-0.05, 0) is 48.6 Å². The van der Waals surface area contributed by atoms with Gasteiger partial charge >= 0.3 is 0 Å². The van der Waals surface area contributed by atoms with Gasteiger partial charge in [-0.2, -0.15) is 0 Å². The van der Waals surface area contributed by atoms with Crippen LogP contribution in [-0.2, 0) is 9.59 Å². The molecule has 0 saturated carbocycles. The van der Waals surface area contributed by atoms with Crippen molar-refractivity contribution in [2.24, 2.45) is 0 Å². The molecular weight excluding hydrogens is 490 g/mol. The summed E-state index contributed by atoms with van der Waals surface area (Å²) in [5.41, 5.74) is 1.92. The molecule has 0 aliphatic heterocycles. The third kappa shape index (κ3) is 6.38. The van der Waals surface area contributed by atoms with Crippen molar-refractivity contribution < 1.29 is 9.59 Å². The maximum absolute atomic E-state index is 12.4. The highest BCUT2D eigenvalue weighted by atomic mass is 35.5. The summed E-state index contributed by atoms with van der Waals surface area (Å²) < 4.78 is 0. The first-order valence-corrected chi connectivity index (χ1v) is 10.8. The normalized spacial score (nSPS) is 11.1. The van der Waals surface area contributed by atoms with E-state index in [2.05, 4.69) is 10.6 Å². The van der Waals surface area contributed by atoms with Gasteiger partial charge in [0.2, 0.25) is 11.8 Å². The van der Waals surface area contributed by atoms with Gasteiger partial charge in [0, 0.05) is 43.4 Å². The Bertz CT molecular complexity index is 1090. The molecule has 3 aromatic rings. The first-order valence-electron chi connectivity index (χ1n) is 9.30. The van der Waals surface area contributed by atoms with Crippen LogP contribution in [0.5, 0.6) is 0 Å². The quantitative estimate of drug-likeness (QED) is 0.339. The molecule has 32 heavy (non-hydrogen) atoms. The summed E-state index contributed by atoms with van der Waals surface area (Å²) >= 11 is 24.4. The summed E-state index contributed by atoms with van der Waals surface area (Å²) in [5.74, 6) is -0.831. The lowest BCUT2D eigenvalue weighted by atomic mass is 10.2. The van der Waals surface area contributed by atoms with E-state index in [0.29, 0.717) is 42.6 Å². The Morgan fingerprint density at radius 1 is 0.562 bits per heavy atom. The van der Waals surface area contributed by atoms with Gasteiger partial charge in [0.05, 0.1) is 11.4 Å². The predicted molar refractivity (Wildman–Crippen MR) is 135 cm³/mol. The van der Waals surface area contributed by atoms with Crippen molar-refractivity contribution in [1.29, 1.82) is 0 Å². The molecule has 0 saturated heterocycles. The van der Waals surface area contributed by atoms with Crippen LogP contribution in [0.3, 0.4) is 0 Å². The molecule has 0 bridgehead atoms. The Kier molecular flexibility index (Phi) is 8.37. The molecule has 162 valence electrons. The Morgan fingerprint density at radius 3 is 1.25 bits per heavy atom. The van der Waals surface area contributed by atoms with Gasteiger partial charge in [0.1, 0.15) is 0 Å².